The van der Waals surface area contributed by atoms with E-state index in [0.717, 1.165) is 12.0 Å². The van der Waals surface area contributed by atoms with Crippen LogP contribution in [0.4, 0.5) is 0 Å². The first-order valence-corrected chi connectivity index (χ1v) is 7.99. The van der Waals surface area contributed by atoms with Gasteiger partial charge in [0.2, 0.25) is 0 Å². The lowest BCUT2D eigenvalue weighted by Crippen LogP contribution is -2.09. The zero-order valence-electron chi connectivity index (χ0n) is 10.5. The zero-order valence-corrected chi connectivity index (χ0v) is 11.3. The fraction of sp³-hybridized carbons (Fsp3) is 0.429. The molecule has 0 aromatic heterocycles. The van der Waals surface area contributed by atoms with Crippen LogP contribution in [0.1, 0.15) is 24.8 Å². The molecule has 0 aliphatic rings. The first-order chi connectivity index (χ1) is 8.64. The molecule has 0 saturated heterocycles. The van der Waals surface area contributed by atoms with Gasteiger partial charge in [-0.05, 0) is 18.4 Å². The Labute approximate surface area is 109 Å². The summed E-state index contributed by atoms with van der Waals surface area (Å²) >= 11 is 0. The van der Waals surface area contributed by atoms with Gasteiger partial charge in [0, 0.05) is 6.61 Å². The maximum atomic E-state index is 11.7. The Bertz CT molecular complexity index is 449. The quantitative estimate of drug-likeness (QED) is 0.736. The van der Waals surface area contributed by atoms with Crippen LogP contribution in [0.3, 0.4) is 0 Å². The van der Waals surface area contributed by atoms with Crippen molar-refractivity contribution in [2.75, 3.05) is 18.1 Å². The number of unbranched alkanes of at least 4 members (excludes halogenated alkanes) is 2. The predicted molar refractivity (Wildman–Crippen MR) is 75.1 cm³/mol. The molecule has 0 heterocycles. The van der Waals surface area contributed by atoms with Crippen LogP contribution in [0.2, 0.25) is 0 Å². The summed E-state index contributed by atoms with van der Waals surface area (Å²) in [5.74, 6) is 0.285. The Morgan fingerprint density at radius 1 is 1.06 bits per heavy atom. The van der Waals surface area contributed by atoms with Crippen LogP contribution in [0.25, 0.3) is 6.08 Å². The molecule has 0 bridgehead atoms. The van der Waals surface area contributed by atoms with E-state index in [0.29, 0.717) is 12.8 Å². The molecule has 100 valence electrons. The minimum atomic E-state index is -3.00. The standard InChI is InChI=1S/C14H20O3S/c15-11-5-2-6-12-18(16,17)13-7-10-14-8-3-1-4-9-14/h1,3-4,7-10,15H,2,5-6,11-13H2. The molecule has 1 N–H and O–H groups in total. The van der Waals surface area contributed by atoms with Gasteiger partial charge in [0.05, 0.1) is 11.5 Å². The summed E-state index contributed by atoms with van der Waals surface area (Å²) in [5, 5.41) is 8.60. The number of sulfone groups is 1. The number of aliphatic hydroxyl groups excluding tert-OH is 1. The minimum absolute atomic E-state index is 0.0843. The molecule has 0 unspecified atom stereocenters. The van der Waals surface area contributed by atoms with Crippen LogP contribution in [-0.4, -0.2) is 31.6 Å². The molecule has 0 atom stereocenters. The zero-order chi connectivity index (χ0) is 13.3. The number of benzene rings is 1. The van der Waals surface area contributed by atoms with Crippen LogP contribution < -0.4 is 0 Å². The summed E-state index contributed by atoms with van der Waals surface area (Å²) in [5.41, 5.74) is 1.01. The van der Waals surface area contributed by atoms with E-state index in [1.165, 1.54) is 0 Å². The Balaban J connectivity index is 2.35. The summed E-state index contributed by atoms with van der Waals surface area (Å²) in [6.45, 7) is 0.133. The summed E-state index contributed by atoms with van der Waals surface area (Å²) < 4.78 is 23.3. The minimum Gasteiger partial charge on any atom is -0.396 e. The lowest BCUT2D eigenvalue weighted by molar-refractivity contribution is 0.284. The third-order valence-electron chi connectivity index (χ3n) is 2.57. The Morgan fingerprint density at radius 3 is 2.44 bits per heavy atom. The highest BCUT2D eigenvalue weighted by atomic mass is 32.2. The summed E-state index contributed by atoms with van der Waals surface area (Å²) in [6, 6.07) is 9.64. The van der Waals surface area contributed by atoms with Crippen LogP contribution in [0, 0.1) is 0 Å². The lowest BCUT2D eigenvalue weighted by atomic mass is 10.2. The van der Waals surface area contributed by atoms with E-state index in [2.05, 4.69) is 0 Å². The topological polar surface area (TPSA) is 54.4 Å². The van der Waals surface area contributed by atoms with E-state index in [1.54, 1.807) is 6.08 Å². The van der Waals surface area contributed by atoms with E-state index < -0.39 is 9.84 Å². The van der Waals surface area contributed by atoms with Crippen molar-refractivity contribution in [1.29, 1.82) is 0 Å². The van der Waals surface area contributed by atoms with E-state index in [4.69, 9.17) is 5.11 Å². The molecule has 0 aliphatic heterocycles. The van der Waals surface area contributed by atoms with Gasteiger partial charge in [-0.2, -0.15) is 0 Å². The Kier molecular flexibility index (Phi) is 6.68. The molecular weight excluding hydrogens is 248 g/mol. The third-order valence-corrected chi connectivity index (χ3v) is 4.18. The fourth-order valence-corrected chi connectivity index (χ4v) is 2.79. The third kappa shape index (κ3) is 6.57. The fourth-order valence-electron chi connectivity index (χ4n) is 1.59. The highest BCUT2D eigenvalue weighted by Gasteiger charge is 2.07. The highest BCUT2D eigenvalue weighted by molar-refractivity contribution is 7.91. The molecule has 0 radical (unpaired) electrons. The second-order valence-corrected chi connectivity index (χ2v) is 6.44. The van der Waals surface area contributed by atoms with Crippen molar-refractivity contribution in [3.05, 3.63) is 42.0 Å². The largest absolute Gasteiger partial charge is 0.396 e. The molecule has 1 rings (SSSR count). The van der Waals surface area contributed by atoms with Gasteiger partial charge in [-0.25, -0.2) is 8.42 Å². The molecule has 1 aromatic rings. The maximum absolute atomic E-state index is 11.7. The van der Waals surface area contributed by atoms with Gasteiger partial charge < -0.3 is 5.11 Å². The van der Waals surface area contributed by atoms with Crippen molar-refractivity contribution in [3.63, 3.8) is 0 Å². The van der Waals surface area contributed by atoms with E-state index in [-0.39, 0.29) is 18.1 Å². The van der Waals surface area contributed by atoms with Crippen LogP contribution >= 0.6 is 0 Å². The van der Waals surface area contributed by atoms with Crippen molar-refractivity contribution in [2.45, 2.75) is 19.3 Å². The van der Waals surface area contributed by atoms with E-state index in [1.807, 2.05) is 36.4 Å². The summed E-state index contributed by atoms with van der Waals surface area (Å²) in [7, 11) is -3.00. The van der Waals surface area contributed by atoms with Crippen molar-refractivity contribution in [2.24, 2.45) is 0 Å². The van der Waals surface area contributed by atoms with Gasteiger partial charge in [0.1, 0.15) is 0 Å². The van der Waals surface area contributed by atoms with Crippen molar-refractivity contribution in [1.82, 2.24) is 0 Å². The average Bonchev–Trinajstić information content (AvgIpc) is 2.36. The van der Waals surface area contributed by atoms with Gasteiger partial charge in [-0.3, -0.25) is 0 Å². The monoisotopic (exact) mass is 268 g/mol. The van der Waals surface area contributed by atoms with Gasteiger partial charge in [0.15, 0.2) is 9.84 Å². The predicted octanol–water partition coefficient (Wildman–Crippen LogP) is 2.28. The normalized spacial score (nSPS) is 12.1. The molecule has 0 amide bonds. The average molecular weight is 268 g/mol. The molecule has 1 aromatic carbocycles. The molecule has 3 nitrogen and oxygen atoms in total. The number of hydrogen-bond donors (Lipinski definition) is 1. The van der Waals surface area contributed by atoms with Crippen molar-refractivity contribution >= 4 is 15.9 Å². The molecule has 18 heavy (non-hydrogen) atoms. The molecule has 0 aliphatic carbocycles. The number of rotatable bonds is 8. The Hall–Kier alpha value is -1.13. The van der Waals surface area contributed by atoms with Crippen LogP contribution in [0.15, 0.2) is 36.4 Å². The number of aliphatic hydroxyl groups is 1. The van der Waals surface area contributed by atoms with E-state index in [9.17, 15) is 8.42 Å². The first kappa shape index (κ1) is 14.9. The summed E-state index contributed by atoms with van der Waals surface area (Å²) in [4.78, 5) is 0. The van der Waals surface area contributed by atoms with Gasteiger partial charge >= 0.3 is 0 Å². The molecule has 4 heteroatoms. The molecule has 0 spiro atoms. The maximum Gasteiger partial charge on any atom is 0.153 e. The van der Waals surface area contributed by atoms with Crippen molar-refractivity contribution < 1.29 is 13.5 Å². The van der Waals surface area contributed by atoms with Gasteiger partial charge in [-0.1, -0.05) is 48.9 Å². The van der Waals surface area contributed by atoms with Crippen LogP contribution in [0.5, 0.6) is 0 Å². The SMILES string of the molecule is O=S(=O)(CC=Cc1ccccc1)CCCCCO. The highest BCUT2D eigenvalue weighted by Crippen LogP contribution is 2.04. The smallest absolute Gasteiger partial charge is 0.153 e. The van der Waals surface area contributed by atoms with Crippen LogP contribution in [-0.2, 0) is 9.84 Å². The lowest BCUT2D eigenvalue weighted by Gasteiger charge is -2.00. The molecule has 0 saturated carbocycles. The van der Waals surface area contributed by atoms with Gasteiger partial charge in [0.25, 0.3) is 0 Å². The Morgan fingerprint density at radius 2 is 1.78 bits per heavy atom. The second kappa shape index (κ2) is 8.06. The first-order valence-electron chi connectivity index (χ1n) is 6.17. The molecule has 0 fully saturated rings. The van der Waals surface area contributed by atoms with Crippen molar-refractivity contribution in [3.8, 4) is 0 Å². The van der Waals surface area contributed by atoms with E-state index >= 15 is 0 Å². The number of hydrogen-bond acceptors (Lipinski definition) is 3. The van der Waals surface area contributed by atoms with Gasteiger partial charge in [-0.15, -0.1) is 0 Å². The molecular formula is C14H20O3S. The second-order valence-electron chi connectivity index (χ2n) is 4.21. The summed E-state index contributed by atoms with van der Waals surface area (Å²) in [6.07, 6.45) is 5.58.